The predicted molar refractivity (Wildman–Crippen MR) is 37.7 cm³/mol. The molecule has 0 saturated heterocycles. The normalized spacial score (nSPS) is 12.1. The minimum Gasteiger partial charge on any atom is -0.282 e. The Morgan fingerprint density at radius 2 is 2.00 bits per heavy atom. The van der Waals surface area contributed by atoms with Crippen molar-refractivity contribution in [2.45, 2.75) is 26.4 Å². The van der Waals surface area contributed by atoms with E-state index in [-0.39, 0.29) is 5.56 Å². The molecule has 2 nitrogen and oxygen atoms in total. The van der Waals surface area contributed by atoms with E-state index in [0.717, 1.165) is 0 Å². The maximum atomic E-state index is 12.2. The summed E-state index contributed by atoms with van der Waals surface area (Å²) >= 11 is 0. The Bertz CT molecular complexity index is 275. The number of aromatic nitrogens is 2. The van der Waals surface area contributed by atoms with Gasteiger partial charge in [0.1, 0.15) is 0 Å². The van der Waals surface area contributed by atoms with Crippen LogP contribution in [-0.4, -0.2) is 10.2 Å². The van der Waals surface area contributed by atoms with E-state index in [9.17, 15) is 13.2 Å². The number of nitrogens with one attached hydrogen (secondary N) is 1. The molecule has 12 heavy (non-hydrogen) atoms. The molecule has 1 aromatic heterocycles. The Labute approximate surface area is 67.8 Å². The standard InChI is InChI=1S/C7H9F3N2/c1-3-5-4(2)11-12-6(5)7(8,9)10/h3H2,1-2H3,(H,11,12). The minimum atomic E-state index is -4.34. The molecular formula is C7H9F3N2. The Morgan fingerprint density at radius 3 is 2.33 bits per heavy atom. The second-order valence-electron chi connectivity index (χ2n) is 2.53. The maximum Gasteiger partial charge on any atom is 0.435 e. The molecule has 0 aromatic carbocycles. The van der Waals surface area contributed by atoms with Gasteiger partial charge in [0, 0.05) is 11.3 Å². The molecule has 1 N–H and O–H groups in total. The monoisotopic (exact) mass is 178 g/mol. The number of rotatable bonds is 1. The van der Waals surface area contributed by atoms with Gasteiger partial charge in [0.15, 0.2) is 5.69 Å². The molecule has 0 spiro atoms. The first-order valence-electron chi connectivity index (χ1n) is 3.57. The third-order valence-electron chi connectivity index (χ3n) is 1.70. The number of aromatic amines is 1. The van der Waals surface area contributed by atoms with Crippen molar-refractivity contribution in [3.63, 3.8) is 0 Å². The molecule has 0 aliphatic heterocycles. The lowest BCUT2D eigenvalue weighted by atomic mass is 10.1. The van der Waals surface area contributed by atoms with Gasteiger partial charge in [-0.2, -0.15) is 18.3 Å². The van der Waals surface area contributed by atoms with Crippen LogP contribution >= 0.6 is 0 Å². The van der Waals surface area contributed by atoms with Gasteiger partial charge in [-0.1, -0.05) is 6.92 Å². The molecule has 5 heteroatoms. The molecule has 0 radical (unpaired) electrons. The molecule has 68 valence electrons. The molecular weight excluding hydrogens is 169 g/mol. The van der Waals surface area contributed by atoms with Crippen molar-refractivity contribution in [2.75, 3.05) is 0 Å². The summed E-state index contributed by atoms with van der Waals surface area (Å²) in [5.74, 6) is 0. The summed E-state index contributed by atoms with van der Waals surface area (Å²) in [4.78, 5) is 0. The zero-order valence-corrected chi connectivity index (χ0v) is 6.79. The highest BCUT2D eigenvalue weighted by molar-refractivity contribution is 5.26. The number of nitrogens with zero attached hydrogens (tertiary/aromatic N) is 1. The summed E-state index contributed by atoms with van der Waals surface area (Å²) in [6.45, 7) is 3.26. The SMILES string of the molecule is CCc1c(C(F)(F)F)n[nH]c1C. The van der Waals surface area contributed by atoms with E-state index in [4.69, 9.17) is 0 Å². The van der Waals surface area contributed by atoms with Crippen LogP contribution in [0.4, 0.5) is 13.2 Å². The van der Waals surface area contributed by atoms with Crippen molar-refractivity contribution in [2.24, 2.45) is 0 Å². The molecule has 1 aromatic rings. The van der Waals surface area contributed by atoms with E-state index < -0.39 is 11.9 Å². The van der Waals surface area contributed by atoms with Gasteiger partial charge in [-0.25, -0.2) is 0 Å². The summed E-state index contributed by atoms with van der Waals surface area (Å²) in [5.41, 5.74) is -0.0465. The predicted octanol–water partition coefficient (Wildman–Crippen LogP) is 2.30. The summed E-state index contributed by atoms with van der Waals surface area (Å²) < 4.78 is 36.5. The fourth-order valence-electron chi connectivity index (χ4n) is 1.12. The highest BCUT2D eigenvalue weighted by Gasteiger charge is 2.36. The summed E-state index contributed by atoms with van der Waals surface area (Å²) in [5, 5.41) is 5.53. The highest BCUT2D eigenvalue weighted by atomic mass is 19.4. The number of hydrogen-bond acceptors (Lipinski definition) is 1. The molecule has 0 bridgehead atoms. The number of aryl methyl sites for hydroxylation is 1. The zero-order chi connectivity index (χ0) is 9.35. The van der Waals surface area contributed by atoms with Crippen LogP contribution < -0.4 is 0 Å². The molecule has 0 fully saturated rings. The lowest BCUT2D eigenvalue weighted by Gasteiger charge is -2.04. The largest absolute Gasteiger partial charge is 0.435 e. The van der Waals surface area contributed by atoms with Crippen molar-refractivity contribution in [1.29, 1.82) is 0 Å². The molecule has 0 aliphatic rings. The first kappa shape index (κ1) is 9.09. The Kier molecular flexibility index (Phi) is 2.12. The first-order chi connectivity index (χ1) is 5.46. The Morgan fingerprint density at radius 1 is 1.42 bits per heavy atom. The third kappa shape index (κ3) is 1.44. The van der Waals surface area contributed by atoms with Crippen molar-refractivity contribution in [3.8, 4) is 0 Å². The van der Waals surface area contributed by atoms with Crippen molar-refractivity contribution in [3.05, 3.63) is 17.0 Å². The average molecular weight is 178 g/mol. The van der Waals surface area contributed by atoms with Crippen LogP contribution in [-0.2, 0) is 12.6 Å². The van der Waals surface area contributed by atoms with Crippen molar-refractivity contribution >= 4 is 0 Å². The van der Waals surface area contributed by atoms with Crippen LogP contribution in [0.2, 0.25) is 0 Å². The molecule has 1 heterocycles. The fourth-order valence-corrected chi connectivity index (χ4v) is 1.12. The summed E-state index contributed by atoms with van der Waals surface area (Å²) in [7, 11) is 0. The maximum absolute atomic E-state index is 12.2. The van der Waals surface area contributed by atoms with E-state index >= 15 is 0 Å². The average Bonchev–Trinajstić information content (AvgIpc) is 2.29. The molecule has 0 unspecified atom stereocenters. The molecule has 1 rings (SSSR count). The number of halogens is 3. The fraction of sp³-hybridized carbons (Fsp3) is 0.571. The minimum absolute atomic E-state index is 0.252. The van der Waals surface area contributed by atoms with Crippen LogP contribution in [0.1, 0.15) is 23.9 Å². The topological polar surface area (TPSA) is 28.7 Å². The van der Waals surface area contributed by atoms with E-state index in [1.54, 1.807) is 13.8 Å². The lowest BCUT2D eigenvalue weighted by molar-refractivity contribution is -0.141. The van der Waals surface area contributed by atoms with Gasteiger partial charge in [0.2, 0.25) is 0 Å². The molecule has 0 amide bonds. The van der Waals surface area contributed by atoms with Gasteiger partial charge < -0.3 is 0 Å². The lowest BCUT2D eigenvalue weighted by Crippen LogP contribution is -2.08. The molecule has 0 atom stereocenters. The van der Waals surface area contributed by atoms with Gasteiger partial charge in [-0.15, -0.1) is 0 Å². The van der Waals surface area contributed by atoms with Crippen LogP contribution in [0.3, 0.4) is 0 Å². The van der Waals surface area contributed by atoms with Crippen LogP contribution in [0.15, 0.2) is 0 Å². The van der Waals surface area contributed by atoms with E-state index in [0.29, 0.717) is 12.1 Å². The summed E-state index contributed by atoms with van der Waals surface area (Å²) in [6.07, 6.45) is -3.99. The van der Waals surface area contributed by atoms with Crippen LogP contribution in [0, 0.1) is 6.92 Å². The quantitative estimate of drug-likeness (QED) is 0.702. The number of alkyl halides is 3. The van der Waals surface area contributed by atoms with E-state index in [1.165, 1.54) is 0 Å². The highest BCUT2D eigenvalue weighted by Crippen LogP contribution is 2.31. The van der Waals surface area contributed by atoms with Crippen LogP contribution in [0.5, 0.6) is 0 Å². The number of H-pyrrole nitrogens is 1. The Hall–Kier alpha value is -1.00. The second-order valence-corrected chi connectivity index (χ2v) is 2.53. The smallest absolute Gasteiger partial charge is 0.282 e. The van der Waals surface area contributed by atoms with Crippen LogP contribution in [0.25, 0.3) is 0 Å². The van der Waals surface area contributed by atoms with Gasteiger partial charge in [-0.3, -0.25) is 5.10 Å². The van der Waals surface area contributed by atoms with Crippen molar-refractivity contribution < 1.29 is 13.2 Å². The number of hydrogen-bond donors (Lipinski definition) is 1. The summed E-state index contributed by atoms with van der Waals surface area (Å²) in [6, 6.07) is 0. The van der Waals surface area contributed by atoms with Gasteiger partial charge in [0.25, 0.3) is 0 Å². The van der Waals surface area contributed by atoms with E-state index in [1.807, 2.05) is 0 Å². The van der Waals surface area contributed by atoms with Gasteiger partial charge in [-0.05, 0) is 13.3 Å². The Balaban J connectivity index is 3.16. The van der Waals surface area contributed by atoms with Crippen molar-refractivity contribution in [1.82, 2.24) is 10.2 Å². The third-order valence-corrected chi connectivity index (χ3v) is 1.70. The zero-order valence-electron chi connectivity index (χ0n) is 6.79. The van der Waals surface area contributed by atoms with Gasteiger partial charge in [0.05, 0.1) is 0 Å². The molecule has 0 aliphatic carbocycles. The second kappa shape index (κ2) is 2.80. The van der Waals surface area contributed by atoms with E-state index in [2.05, 4.69) is 10.2 Å². The van der Waals surface area contributed by atoms with Gasteiger partial charge >= 0.3 is 6.18 Å². The molecule has 0 saturated carbocycles. The first-order valence-corrected chi connectivity index (χ1v) is 3.57.